The fourth-order valence-electron chi connectivity index (χ4n) is 3.91. The Morgan fingerprint density at radius 1 is 1.03 bits per heavy atom. The first kappa shape index (κ1) is 19.6. The second-order valence-corrected chi connectivity index (χ2v) is 7.79. The van der Waals surface area contributed by atoms with Gasteiger partial charge in [0, 0.05) is 31.7 Å². The van der Waals surface area contributed by atoms with Crippen molar-refractivity contribution in [2.24, 2.45) is 0 Å². The van der Waals surface area contributed by atoms with E-state index in [1.807, 2.05) is 60.4 Å². The van der Waals surface area contributed by atoms with Crippen molar-refractivity contribution in [2.45, 2.75) is 19.6 Å². The first-order valence-electron chi connectivity index (χ1n) is 10.5. The number of piperazine rings is 1. The summed E-state index contributed by atoms with van der Waals surface area (Å²) in [7, 11) is 0. The van der Waals surface area contributed by atoms with Gasteiger partial charge in [-0.1, -0.05) is 41.6 Å². The highest BCUT2D eigenvalue weighted by molar-refractivity contribution is 5.82. The minimum Gasteiger partial charge on any atom is -0.485 e. The van der Waals surface area contributed by atoms with E-state index in [2.05, 4.69) is 15.0 Å². The number of hydrogen-bond donors (Lipinski definition) is 0. The van der Waals surface area contributed by atoms with Crippen molar-refractivity contribution in [1.82, 2.24) is 19.9 Å². The van der Waals surface area contributed by atoms with E-state index in [0.717, 1.165) is 24.2 Å². The van der Waals surface area contributed by atoms with Crippen LogP contribution in [0.15, 0.2) is 53.1 Å². The van der Waals surface area contributed by atoms with Crippen molar-refractivity contribution >= 4 is 5.91 Å². The number of fused-ring (bicyclic) bond motifs is 1. The van der Waals surface area contributed by atoms with Crippen LogP contribution in [0, 0.1) is 6.92 Å². The maximum atomic E-state index is 12.9. The summed E-state index contributed by atoms with van der Waals surface area (Å²) >= 11 is 0. The lowest BCUT2D eigenvalue weighted by molar-refractivity contribution is -0.143. The number of amides is 1. The summed E-state index contributed by atoms with van der Waals surface area (Å²) in [5, 5.41) is 4.13. The molecule has 0 unspecified atom stereocenters. The molecular weight excluding hydrogens is 396 g/mol. The lowest BCUT2D eigenvalue weighted by Crippen LogP contribution is -2.53. The zero-order valence-electron chi connectivity index (χ0n) is 17.4. The van der Waals surface area contributed by atoms with Gasteiger partial charge in [-0.05, 0) is 24.6 Å². The topological polar surface area (TPSA) is 80.9 Å². The van der Waals surface area contributed by atoms with E-state index in [9.17, 15) is 4.79 Å². The van der Waals surface area contributed by atoms with E-state index >= 15 is 0 Å². The molecule has 0 radical (unpaired) electrons. The molecule has 0 N–H and O–H groups in total. The van der Waals surface area contributed by atoms with Gasteiger partial charge < -0.3 is 18.9 Å². The lowest BCUT2D eigenvalue weighted by Gasteiger charge is -2.36. The summed E-state index contributed by atoms with van der Waals surface area (Å²) in [6.07, 6.45) is -0.603. The van der Waals surface area contributed by atoms with Crippen molar-refractivity contribution in [3.8, 4) is 22.9 Å². The molecule has 0 saturated carbocycles. The number of benzene rings is 2. The second kappa shape index (κ2) is 8.39. The number of hydrogen-bond acceptors (Lipinski definition) is 7. The van der Waals surface area contributed by atoms with Gasteiger partial charge in [0.05, 0.1) is 6.54 Å². The van der Waals surface area contributed by atoms with Gasteiger partial charge in [0.2, 0.25) is 17.8 Å². The molecule has 1 fully saturated rings. The van der Waals surface area contributed by atoms with Crippen molar-refractivity contribution in [1.29, 1.82) is 0 Å². The number of nitrogens with zero attached hydrogens (tertiary/aromatic N) is 4. The molecule has 8 heteroatoms. The number of carbonyl (C=O) groups excluding carboxylic acids is 1. The minimum atomic E-state index is -0.603. The molecule has 31 heavy (non-hydrogen) atoms. The quantitative estimate of drug-likeness (QED) is 0.642. The van der Waals surface area contributed by atoms with Gasteiger partial charge in [0.25, 0.3) is 5.91 Å². The predicted octanol–water partition coefficient (Wildman–Crippen LogP) is 2.53. The van der Waals surface area contributed by atoms with Crippen LogP contribution in [0.3, 0.4) is 0 Å². The molecule has 1 amide bonds. The summed E-state index contributed by atoms with van der Waals surface area (Å²) in [4.78, 5) is 21.5. The molecule has 3 heterocycles. The van der Waals surface area contributed by atoms with Gasteiger partial charge in [-0.3, -0.25) is 9.69 Å². The summed E-state index contributed by atoms with van der Waals surface area (Å²) in [5.74, 6) is 2.46. The van der Waals surface area contributed by atoms with E-state index in [1.165, 1.54) is 0 Å². The van der Waals surface area contributed by atoms with Crippen LogP contribution < -0.4 is 9.47 Å². The monoisotopic (exact) mass is 420 g/mol. The second-order valence-electron chi connectivity index (χ2n) is 7.79. The molecule has 2 aromatic carbocycles. The average Bonchev–Trinajstić information content (AvgIpc) is 3.27. The molecule has 2 aliphatic rings. The fraction of sp³-hybridized carbons (Fsp3) is 0.348. The molecule has 8 nitrogen and oxygen atoms in total. The predicted molar refractivity (Wildman–Crippen MR) is 113 cm³/mol. The molecule has 0 bridgehead atoms. The third kappa shape index (κ3) is 4.11. The third-order valence-electron chi connectivity index (χ3n) is 5.68. The molecule has 3 aromatic rings. The van der Waals surface area contributed by atoms with Crippen LogP contribution in [0.1, 0.15) is 11.5 Å². The molecule has 5 rings (SSSR count). The van der Waals surface area contributed by atoms with Crippen LogP contribution in [0.2, 0.25) is 0 Å². The number of para-hydroxylation sites is 2. The van der Waals surface area contributed by atoms with Crippen molar-refractivity contribution < 1.29 is 18.8 Å². The molecule has 0 spiro atoms. The Balaban J connectivity index is 1.15. The Morgan fingerprint density at radius 3 is 2.58 bits per heavy atom. The van der Waals surface area contributed by atoms with Gasteiger partial charge in [-0.15, -0.1) is 0 Å². The molecule has 1 aromatic heterocycles. The van der Waals surface area contributed by atoms with E-state index in [1.54, 1.807) is 0 Å². The molecule has 1 atom stereocenters. The first-order chi connectivity index (χ1) is 15.2. The van der Waals surface area contributed by atoms with Crippen LogP contribution >= 0.6 is 0 Å². The van der Waals surface area contributed by atoms with Crippen LogP contribution in [0.5, 0.6) is 11.5 Å². The minimum absolute atomic E-state index is 0.0335. The van der Waals surface area contributed by atoms with E-state index in [4.69, 9.17) is 14.0 Å². The van der Waals surface area contributed by atoms with E-state index < -0.39 is 6.10 Å². The average molecular weight is 420 g/mol. The van der Waals surface area contributed by atoms with Gasteiger partial charge in [0.1, 0.15) is 6.61 Å². The van der Waals surface area contributed by atoms with Crippen molar-refractivity contribution in [3.05, 3.63) is 60.0 Å². The summed E-state index contributed by atoms with van der Waals surface area (Å²) < 4.78 is 17.0. The number of carbonyl (C=O) groups is 1. The molecule has 0 aliphatic carbocycles. The summed E-state index contributed by atoms with van der Waals surface area (Å²) in [6.45, 7) is 5.55. The van der Waals surface area contributed by atoms with Gasteiger partial charge in [0.15, 0.2) is 11.5 Å². The normalized spacial score (nSPS) is 18.7. The zero-order chi connectivity index (χ0) is 21.2. The van der Waals surface area contributed by atoms with Crippen LogP contribution in [-0.2, 0) is 11.3 Å². The fourth-order valence-corrected chi connectivity index (χ4v) is 3.91. The molecule has 160 valence electrons. The SMILES string of the molecule is Cc1ccccc1-c1noc(CN2CCN(C(=O)[C@H]3COc4ccccc4O3)CC2)n1. The maximum absolute atomic E-state index is 12.9. The maximum Gasteiger partial charge on any atom is 0.267 e. The van der Waals surface area contributed by atoms with Gasteiger partial charge in [-0.25, -0.2) is 0 Å². The Labute approximate surface area is 180 Å². The zero-order valence-corrected chi connectivity index (χ0v) is 17.4. The van der Waals surface area contributed by atoms with Gasteiger partial charge >= 0.3 is 0 Å². The summed E-state index contributed by atoms with van der Waals surface area (Å²) in [6, 6.07) is 15.4. The highest BCUT2D eigenvalue weighted by Gasteiger charge is 2.32. The highest BCUT2D eigenvalue weighted by atomic mass is 16.6. The van der Waals surface area contributed by atoms with Crippen LogP contribution in [-0.4, -0.2) is 64.7 Å². The standard InChI is InChI=1S/C23H24N4O4/c1-16-6-2-3-7-17(16)22-24-21(31-25-22)14-26-10-12-27(13-11-26)23(28)20-15-29-18-8-4-5-9-19(18)30-20/h2-9,20H,10-15H2,1H3/t20-/m1/s1. The third-order valence-corrected chi connectivity index (χ3v) is 5.68. The Morgan fingerprint density at radius 2 is 1.77 bits per heavy atom. The number of aryl methyl sites for hydroxylation is 1. The van der Waals surface area contributed by atoms with E-state index in [-0.39, 0.29) is 12.5 Å². The number of rotatable bonds is 4. The summed E-state index contributed by atoms with van der Waals surface area (Å²) in [5.41, 5.74) is 2.09. The van der Waals surface area contributed by atoms with Crippen molar-refractivity contribution in [2.75, 3.05) is 32.8 Å². The molecule has 2 aliphatic heterocycles. The number of ether oxygens (including phenoxy) is 2. The van der Waals surface area contributed by atoms with Gasteiger partial charge in [-0.2, -0.15) is 4.98 Å². The Hall–Kier alpha value is -3.39. The van der Waals surface area contributed by atoms with Crippen LogP contribution in [0.25, 0.3) is 11.4 Å². The van der Waals surface area contributed by atoms with Crippen LogP contribution in [0.4, 0.5) is 0 Å². The van der Waals surface area contributed by atoms with E-state index in [0.29, 0.717) is 42.8 Å². The van der Waals surface area contributed by atoms with Crippen molar-refractivity contribution in [3.63, 3.8) is 0 Å². The lowest BCUT2D eigenvalue weighted by atomic mass is 10.1. The Kier molecular flexibility index (Phi) is 5.30. The smallest absolute Gasteiger partial charge is 0.267 e. The molecular formula is C23H24N4O4. The Bertz CT molecular complexity index is 1070. The number of aromatic nitrogens is 2. The highest BCUT2D eigenvalue weighted by Crippen LogP contribution is 2.31. The molecule has 1 saturated heterocycles. The first-order valence-corrected chi connectivity index (χ1v) is 10.5. The largest absolute Gasteiger partial charge is 0.485 e.